The van der Waals surface area contributed by atoms with Gasteiger partial charge in [0.2, 0.25) is 0 Å². The van der Waals surface area contributed by atoms with Crippen LogP contribution in [0.1, 0.15) is 15.2 Å². The van der Waals surface area contributed by atoms with Crippen LogP contribution >= 0.6 is 11.3 Å². The zero-order chi connectivity index (χ0) is 23.3. The van der Waals surface area contributed by atoms with E-state index in [4.69, 9.17) is 23.7 Å². The van der Waals surface area contributed by atoms with Gasteiger partial charge in [0.25, 0.3) is 5.91 Å². The molecule has 0 bridgehead atoms. The Hall–Kier alpha value is -3.72. The molecule has 0 spiro atoms. The fourth-order valence-corrected chi connectivity index (χ4v) is 4.54. The average Bonchev–Trinajstić information content (AvgIpc) is 3.37. The van der Waals surface area contributed by atoms with Gasteiger partial charge in [0, 0.05) is 11.4 Å². The lowest BCUT2D eigenvalue weighted by Gasteiger charge is -2.18. The summed E-state index contributed by atoms with van der Waals surface area (Å²) >= 11 is 1.30. The van der Waals surface area contributed by atoms with Crippen LogP contribution in [0.25, 0.3) is 10.4 Å². The van der Waals surface area contributed by atoms with Gasteiger partial charge in [0.05, 0.1) is 0 Å². The van der Waals surface area contributed by atoms with Crippen LogP contribution in [0.3, 0.4) is 0 Å². The molecule has 2 aliphatic rings. The maximum Gasteiger partial charge on any atom is 0.348 e. The minimum absolute atomic E-state index is 0.336. The molecule has 8 nitrogen and oxygen atoms in total. The Labute approximate surface area is 200 Å². The number of rotatable bonds is 7. The molecule has 176 valence electrons. The van der Waals surface area contributed by atoms with Crippen molar-refractivity contribution in [3.8, 4) is 33.4 Å². The molecule has 0 unspecified atom stereocenters. The Morgan fingerprint density at radius 1 is 0.824 bits per heavy atom. The second kappa shape index (κ2) is 10.0. The van der Waals surface area contributed by atoms with E-state index in [0.29, 0.717) is 55.8 Å². The Morgan fingerprint density at radius 2 is 1.50 bits per heavy atom. The highest BCUT2D eigenvalue weighted by atomic mass is 32.1. The molecule has 0 saturated heterocycles. The third kappa shape index (κ3) is 5.09. The topological polar surface area (TPSA) is 92.3 Å². The van der Waals surface area contributed by atoms with E-state index >= 15 is 0 Å². The average molecular weight is 482 g/mol. The van der Waals surface area contributed by atoms with E-state index in [1.165, 1.54) is 11.3 Å². The van der Waals surface area contributed by atoms with Crippen molar-refractivity contribution in [1.82, 2.24) is 5.32 Å². The van der Waals surface area contributed by atoms with Crippen molar-refractivity contribution in [2.75, 3.05) is 39.6 Å². The van der Waals surface area contributed by atoms with E-state index in [1.807, 2.05) is 42.5 Å². The van der Waals surface area contributed by atoms with Crippen molar-refractivity contribution in [3.05, 3.63) is 59.0 Å². The lowest BCUT2D eigenvalue weighted by atomic mass is 10.1. The molecule has 0 aliphatic carbocycles. The summed E-state index contributed by atoms with van der Waals surface area (Å²) in [6, 6.07) is 14.9. The predicted molar refractivity (Wildman–Crippen MR) is 125 cm³/mol. The number of benzene rings is 2. The minimum Gasteiger partial charge on any atom is -0.486 e. The Bertz CT molecular complexity index is 1210. The van der Waals surface area contributed by atoms with Gasteiger partial charge in [-0.25, -0.2) is 4.79 Å². The number of amides is 1. The van der Waals surface area contributed by atoms with Crippen molar-refractivity contribution in [2.45, 2.75) is 6.42 Å². The molecule has 3 aromatic rings. The van der Waals surface area contributed by atoms with E-state index < -0.39 is 5.97 Å². The largest absolute Gasteiger partial charge is 0.486 e. The van der Waals surface area contributed by atoms with Gasteiger partial charge in [-0.05, 0) is 60.0 Å². The lowest BCUT2D eigenvalue weighted by Crippen LogP contribution is -2.30. The number of carbonyl (C=O) groups is 2. The minimum atomic E-state index is -0.532. The molecule has 1 N–H and O–H groups in total. The molecule has 34 heavy (non-hydrogen) atoms. The molecule has 3 heterocycles. The molecule has 0 fully saturated rings. The smallest absolute Gasteiger partial charge is 0.348 e. The molecule has 2 aliphatic heterocycles. The van der Waals surface area contributed by atoms with Gasteiger partial charge in [-0.1, -0.05) is 6.07 Å². The van der Waals surface area contributed by atoms with Gasteiger partial charge in [-0.3, -0.25) is 4.79 Å². The SMILES string of the molecule is O=C(COC(=O)c1ccc(-c2ccc3c(c2)OCCO3)s1)NCCc1ccc2c(c1)OCCO2. The lowest BCUT2D eigenvalue weighted by molar-refractivity contribution is -0.124. The summed E-state index contributed by atoms with van der Waals surface area (Å²) < 4.78 is 27.4. The summed E-state index contributed by atoms with van der Waals surface area (Å²) in [5, 5.41) is 2.77. The van der Waals surface area contributed by atoms with Crippen molar-refractivity contribution in [2.24, 2.45) is 0 Å². The zero-order valence-corrected chi connectivity index (χ0v) is 19.2. The number of esters is 1. The van der Waals surface area contributed by atoms with Crippen molar-refractivity contribution in [1.29, 1.82) is 0 Å². The van der Waals surface area contributed by atoms with E-state index in [9.17, 15) is 9.59 Å². The van der Waals surface area contributed by atoms with Crippen molar-refractivity contribution >= 4 is 23.2 Å². The summed E-state index contributed by atoms with van der Waals surface area (Å²) in [5.41, 5.74) is 1.94. The van der Waals surface area contributed by atoms with Crippen LogP contribution in [0.15, 0.2) is 48.5 Å². The van der Waals surface area contributed by atoms with Crippen LogP contribution in [-0.4, -0.2) is 51.5 Å². The number of carbonyl (C=O) groups excluding carboxylic acids is 2. The Morgan fingerprint density at radius 3 is 2.26 bits per heavy atom. The molecule has 0 radical (unpaired) electrons. The van der Waals surface area contributed by atoms with Crippen LogP contribution in [-0.2, 0) is 16.0 Å². The summed E-state index contributed by atoms with van der Waals surface area (Å²) in [6.45, 7) is 2.21. The molecule has 2 aromatic carbocycles. The van der Waals surface area contributed by atoms with Crippen LogP contribution in [0.2, 0.25) is 0 Å². The summed E-state index contributed by atoms with van der Waals surface area (Å²) in [4.78, 5) is 25.8. The summed E-state index contributed by atoms with van der Waals surface area (Å²) in [7, 11) is 0. The summed E-state index contributed by atoms with van der Waals surface area (Å²) in [6.07, 6.45) is 0.625. The first-order chi connectivity index (χ1) is 16.7. The quantitative estimate of drug-likeness (QED) is 0.517. The summed E-state index contributed by atoms with van der Waals surface area (Å²) in [5.74, 6) is 1.97. The standard InChI is InChI=1S/C25H23NO7S/c27-24(26-8-7-16-1-3-18-20(13-16)31-11-9-29-18)15-33-25(28)23-6-5-22(34-23)17-2-4-19-21(14-17)32-12-10-30-19/h1-6,13-14H,7-12,15H2,(H,26,27). The molecule has 1 amide bonds. The number of ether oxygens (including phenoxy) is 5. The molecule has 0 saturated carbocycles. The molecular formula is C25H23NO7S. The number of thiophene rings is 1. The van der Waals surface area contributed by atoms with E-state index in [1.54, 1.807) is 6.07 Å². The third-order valence-corrected chi connectivity index (χ3v) is 6.43. The Kier molecular flexibility index (Phi) is 6.53. The third-order valence-electron chi connectivity index (χ3n) is 5.31. The number of hydrogen-bond acceptors (Lipinski definition) is 8. The van der Waals surface area contributed by atoms with E-state index in [-0.39, 0.29) is 12.5 Å². The maximum atomic E-state index is 12.4. The predicted octanol–water partition coefficient (Wildman–Crippen LogP) is 3.47. The second-order valence-corrected chi connectivity index (χ2v) is 8.76. The van der Waals surface area contributed by atoms with Crippen molar-refractivity contribution in [3.63, 3.8) is 0 Å². The van der Waals surface area contributed by atoms with Crippen molar-refractivity contribution < 1.29 is 33.3 Å². The fourth-order valence-electron chi connectivity index (χ4n) is 3.64. The first-order valence-electron chi connectivity index (χ1n) is 11.0. The van der Waals surface area contributed by atoms with Gasteiger partial charge < -0.3 is 29.0 Å². The first kappa shape index (κ1) is 22.1. The van der Waals surface area contributed by atoms with Gasteiger partial charge in [0.15, 0.2) is 29.6 Å². The zero-order valence-electron chi connectivity index (χ0n) is 18.3. The molecule has 1 aromatic heterocycles. The van der Waals surface area contributed by atoms with Gasteiger partial charge in [-0.2, -0.15) is 0 Å². The van der Waals surface area contributed by atoms with Crippen LogP contribution < -0.4 is 24.3 Å². The monoisotopic (exact) mass is 481 g/mol. The highest BCUT2D eigenvalue weighted by Gasteiger charge is 2.17. The number of hydrogen-bond donors (Lipinski definition) is 1. The Balaban J connectivity index is 1.09. The number of nitrogens with one attached hydrogen (secondary N) is 1. The highest BCUT2D eigenvalue weighted by molar-refractivity contribution is 7.17. The maximum absolute atomic E-state index is 12.4. The number of fused-ring (bicyclic) bond motifs is 2. The first-order valence-corrected chi connectivity index (χ1v) is 11.8. The van der Waals surface area contributed by atoms with Crippen LogP contribution in [0.5, 0.6) is 23.0 Å². The highest BCUT2D eigenvalue weighted by Crippen LogP contribution is 2.37. The van der Waals surface area contributed by atoms with E-state index in [0.717, 1.165) is 27.5 Å². The molecular weight excluding hydrogens is 458 g/mol. The molecule has 5 rings (SSSR count). The van der Waals surface area contributed by atoms with Gasteiger partial charge in [0.1, 0.15) is 31.3 Å². The van der Waals surface area contributed by atoms with Crippen LogP contribution in [0, 0.1) is 0 Å². The van der Waals surface area contributed by atoms with Crippen LogP contribution in [0.4, 0.5) is 0 Å². The fraction of sp³-hybridized carbons (Fsp3) is 0.280. The van der Waals surface area contributed by atoms with Gasteiger partial charge in [-0.15, -0.1) is 11.3 Å². The normalized spacial score (nSPS) is 13.8. The second-order valence-electron chi connectivity index (χ2n) is 7.68. The van der Waals surface area contributed by atoms with E-state index in [2.05, 4.69) is 5.32 Å². The molecule has 9 heteroatoms. The molecule has 0 atom stereocenters. The van der Waals surface area contributed by atoms with Gasteiger partial charge >= 0.3 is 5.97 Å².